The molecule has 0 radical (unpaired) electrons. The lowest BCUT2D eigenvalue weighted by Gasteiger charge is -2.10. The number of rotatable bonds is 5. The quantitative estimate of drug-likeness (QED) is 0.917. The molecule has 120 valence electrons. The van der Waals surface area contributed by atoms with Gasteiger partial charge in [0.1, 0.15) is 5.75 Å². The van der Waals surface area contributed by atoms with Crippen LogP contribution in [0.4, 0.5) is 5.69 Å². The van der Waals surface area contributed by atoms with Gasteiger partial charge in [0.25, 0.3) is 5.91 Å². The highest BCUT2D eigenvalue weighted by molar-refractivity contribution is 5.91. The average molecular weight is 313 g/mol. The van der Waals surface area contributed by atoms with Gasteiger partial charge >= 0.3 is 0 Å². The van der Waals surface area contributed by atoms with Crippen molar-refractivity contribution in [3.63, 3.8) is 0 Å². The molecule has 5 heteroatoms. The fourth-order valence-corrected chi connectivity index (χ4v) is 2.29. The van der Waals surface area contributed by atoms with Crippen molar-refractivity contribution in [3.8, 4) is 17.2 Å². The minimum absolute atomic E-state index is 0.0639. The molecule has 1 heterocycles. The molecule has 0 aliphatic carbocycles. The maximum absolute atomic E-state index is 12.0. The summed E-state index contributed by atoms with van der Waals surface area (Å²) in [6.45, 7) is 4.38. The van der Waals surface area contributed by atoms with Gasteiger partial charge in [0.05, 0.1) is 0 Å². The number of hydrogen-bond acceptors (Lipinski definition) is 4. The van der Waals surface area contributed by atoms with E-state index in [0.717, 1.165) is 5.69 Å². The SMILES string of the molecule is CC(C)c1cccc(NC(=O)COc2ccc3c(c2)OCO3)c1. The molecule has 0 saturated heterocycles. The van der Waals surface area contributed by atoms with E-state index in [1.807, 2.05) is 24.3 Å². The number of benzene rings is 2. The second kappa shape index (κ2) is 6.60. The smallest absolute Gasteiger partial charge is 0.262 e. The van der Waals surface area contributed by atoms with E-state index in [9.17, 15) is 4.79 Å². The second-order valence-corrected chi connectivity index (χ2v) is 5.63. The van der Waals surface area contributed by atoms with Gasteiger partial charge in [-0.05, 0) is 35.7 Å². The van der Waals surface area contributed by atoms with Gasteiger partial charge in [-0.2, -0.15) is 0 Å². The predicted molar refractivity (Wildman–Crippen MR) is 87.2 cm³/mol. The lowest BCUT2D eigenvalue weighted by Crippen LogP contribution is -2.20. The Morgan fingerprint density at radius 2 is 2.00 bits per heavy atom. The number of fused-ring (bicyclic) bond motifs is 1. The van der Waals surface area contributed by atoms with Crippen LogP contribution in [-0.4, -0.2) is 19.3 Å². The highest BCUT2D eigenvalue weighted by Crippen LogP contribution is 2.35. The Morgan fingerprint density at radius 3 is 2.83 bits per heavy atom. The fourth-order valence-electron chi connectivity index (χ4n) is 2.29. The van der Waals surface area contributed by atoms with Crippen LogP contribution in [-0.2, 0) is 4.79 Å². The first-order chi connectivity index (χ1) is 11.1. The molecule has 0 fully saturated rings. The van der Waals surface area contributed by atoms with Gasteiger partial charge < -0.3 is 19.5 Å². The molecule has 3 rings (SSSR count). The minimum Gasteiger partial charge on any atom is -0.484 e. The van der Waals surface area contributed by atoms with Crippen LogP contribution < -0.4 is 19.5 Å². The number of carbonyl (C=O) groups is 1. The highest BCUT2D eigenvalue weighted by Gasteiger charge is 2.14. The van der Waals surface area contributed by atoms with E-state index in [0.29, 0.717) is 23.2 Å². The van der Waals surface area contributed by atoms with Crippen LogP contribution in [0.2, 0.25) is 0 Å². The van der Waals surface area contributed by atoms with Crippen LogP contribution in [0.3, 0.4) is 0 Å². The molecule has 0 aromatic heterocycles. The molecular weight excluding hydrogens is 294 g/mol. The van der Waals surface area contributed by atoms with Crippen LogP contribution in [0.25, 0.3) is 0 Å². The van der Waals surface area contributed by atoms with Crippen molar-refractivity contribution in [3.05, 3.63) is 48.0 Å². The van der Waals surface area contributed by atoms with Crippen LogP contribution >= 0.6 is 0 Å². The Kier molecular flexibility index (Phi) is 4.37. The van der Waals surface area contributed by atoms with E-state index in [4.69, 9.17) is 14.2 Å². The molecule has 0 spiro atoms. The lowest BCUT2D eigenvalue weighted by molar-refractivity contribution is -0.118. The number of nitrogens with one attached hydrogen (secondary N) is 1. The summed E-state index contributed by atoms with van der Waals surface area (Å²) in [5.74, 6) is 2.10. The Balaban J connectivity index is 1.56. The zero-order valence-corrected chi connectivity index (χ0v) is 13.2. The number of amides is 1. The van der Waals surface area contributed by atoms with Crippen molar-refractivity contribution >= 4 is 11.6 Å². The maximum atomic E-state index is 12.0. The summed E-state index contributed by atoms with van der Waals surface area (Å²) in [7, 11) is 0. The van der Waals surface area contributed by atoms with Crippen LogP contribution in [0.5, 0.6) is 17.2 Å². The summed E-state index contributed by atoms with van der Waals surface area (Å²) < 4.78 is 16.0. The molecule has 0 atom stereocenters. The molecular formula is C18H19NO4. The lowest BCUT2D eigenvalue weighted by atomic mass is 10.0. The number of carbonyl (C=O) groups excluding carboxylic acids is 1. The summed E-state index contributed by atoms with van der Waals surface area (Å²) in [6, 6.07) is 13.1. The first-order valence-electron chi connectivity index (χ1n) is 7.54. The standard InChI is InChI=1S/C18H19NO4/c1-12(2)13-4-3-5-14(8-13)19-18(20)10-21-15-6-7-16-17(9-15)23-11-22-16/h3-9,12H,10-11H2,1-2H3,(H,19,20). The van der Waals surface area contributed by atoms with Crippen LogP contribution in [0.1, 0.15) is 25.3 Å². The molecule has 0 unspecified atom stereocenters. The number of ether oxygens (including phenoxy) is 3. The predicted octanol–water partition coefficient (Wildman–Crippen LogP) is 3.56. The van der Waals surface area contributed by atoms with Gasteiger partial charge in [0, 0.05) is 11.8 Å². The Hall–Kier alpha value is -2.69. The average Bonchev–Trinajstić information content (AvgIpc) is 3.01. The van der Waals surface area contributed by atoms with Crippen molar-refractivity contribution in [2.75, 3.05) is 18.7 Å². The molecule has 1 amide bonds. The van der Waals surface area contributed by atoms with Gasteiger partial charge in [-0.3, -0.25) is 4.79 Å². The molecule has 2 aromatic rings. The van der Waals surface area contributed by atoms with Gasteiger partial charge in [-0.1, -0.05) is 26.0 Å². The molecule has 1 aliphatic rings. The van der Waals surface area contributed by atoms with Crippen LogP contribution in [0, 0.1) is 0 Å². The van der Waals surface area contributed by atoms with Crippen molar-refractivity contribution in [1.29, 1.82) is 0 Å². The molecule has 5 nitrogen and oxygen atoms in total. The summed E-state index contributed by atoms with van der Waals surface area (Å²) in [4.78, 5) is 12.0. The molecule has 23 heavy (non-hydrogen) atoms. The summed E-state index contributed by atoms with van der Waals surface area (Å²) in [6.07, 6.45) is 0. The Morgan fingerprint density at radius 1 is 1.17 bits per heavy atom. The van der Waals surface area contributed by atoms with Crippen molar-refractivity contribution < 1.29 is 19.0 Å². The van der Waals surface area contributed by atoms with E-state index in [1.165, 1.54) is 5.56 Å². The molecule has 0 saturated carbocycles. The topological polar surface area (TPSA) is 56.8 Å². The van der Waals surface area contributed by atoms with Crippen molar-refractivity contribution in [1.82, 2.24) is 0 Å². The first-order valence-corrected chi connectivity index (χ1v) is 7.54. The zero-order valence-electron chi connectivity index (χ0n) is 13.2. The largest absolute Gasteiger partial charge is 0.484 e. The summed E-state index contributed by atoms with van der Waals surface area (Å²) >= 11 is 0. The normalized spacial score (nSPS) is 12.3. The highest BCUT2D eigenvalue weighted by atomic mass is 16.7. The second-order valence-electron chi connectivity index (χ2n) is 5.63. The maximum Gasteiger partial charge on any atom is 0.262 e. The van der Waals surface area contributed by atoms with Gasteiger partial charge in [0.2, 0.25) is 6.79 Å². The van der Waals surface area contributed by atoms with Gasteiger partial charge in [-0.25, -0.2) is 0 Å². The van der Waals surface area contributed by atoms with E-state index < -0.39 is 0 Å². The van der Waals surface area contributed by atoms with Crippen molar-refractivity contribution in [2.24, 2.45) is 0 Å². The number of hydrogen-bond donors (Lipinski definition) is 1. The Bertz CT molecular complexity index is 712. The van der Waals surface area contributed by atoms with E-state index in [2.05, 4.69) is 19.2 Å². The molecule has 1 aliphatic heterocycles. The Labute approximate surface area is 135 Å². The van der Waals surface area contributed by atoms with E-state index in [1.54, 1.807) is 18.2 Å². The fraction of sp³-hybridized carbons (Fsp3) is 0.278. The van der Waals surface area contributed by atoms with Crippen molar-refractivity contribution in [2.45, 2.75) is 19.8 Å². The van der Waals surface area contributed by atoms with Gasteiger partial charge in [0.15, 0.2) is 18.1 Å². The zero-order chi connectivity index (χ0) is 16.2. The molecule has 2 aromatic carbocycles. The molecule has 0 bridgehead atoms. The van der Waals surface area contributed by atoms with Crippen LogP contribution in [0.15, 0.2) is 42.5 Å². The van der Waals surface area contributed by atoms with E-state index in [-0.39, 0.29) is 19.3 Å². The summed E-state index contributed by atoms with van der Waals surface area (Å²) in [5, 5.41) is 2.84. The summed E-state index contributed by atoms with van der Waals surface area (Å²) in [5.41, 5.74) is 1.95. The van der Waals surface area contributed by atoms with Gasteiger partial charge in [-0.15, -0.1) is 0 Å². The number of anilines is 1. The first kappa shape index (κ1) is 15.2. The minimum atomic E-state index is -0.205. The molecule has 1 N–H and O–H groups in total. The third-order valence-electron chi connectivity index (χ3n) is 3.55. The monoisotopic (exact) mass is 313 g/mol. The third-order valence-corrected chi connectivity index (χ3v) is 3.55. The van der Waals surface area contributed by atoms with E-state index >= 15 is 0 Å². The third kappa shape index (κ3) is 3.74.